The van der Waals surface area contributed by atoms with Gasteiger partial charge in [0.15, 0.2) is 11.7 Å². The van der Waals surface area contributed by atoms with E-state index in [2.05, 4.69) is 20.9 Å². The predicted octanol–water partition coefficient (Wildman–Crippen LogP) is 3.51. The molecule has 1 atom stereocenters. The predicted molar refractivity (Wildman–Crippen MR) is 86.4 cm³/mol. The zero-order valence-electron chi connectivity index (χ0n) is 11.7. The molecular formula is C16H13BrN2O3. The molecule has 2 aromatic carbocycles. The van der Waals surface area contributed by atoms with Gasteiger partial charge in [0.25, 0.3) is 5.91 Å². The Morgan fingerprint density at radius 3 is 2.91 bits per heavy atom. The first-order valence-corrected chi connectivity index (χ1v) is 7.45. The van der Waals surface area contributed by atoms with E-state index in [0.717, 1.165) is 15.6 Å². The zero-order valence-corrected chi connectivity index (χ0v) is 13.3. The van der Waals surface area contributed by atoms with E-state index >= 15 is 0 Å². The van der Waals surface area contributed by atoms with E-state index in [1.54, 1.807) is 19.1 Å². The summed E-state index contributed by atoms with van der Waals surface area (Å²) in [7, 11) is 0. The van der Waals surface area contributed by atoms with E-state index in [4.69, 9.17) is 14.9 Å². The van der Waals surface area contributed by atoms with Crippen molar-refractivity contribution in [2.45, 2.75) is 13.0 Å². The van der Waals surface area contributed by atoms with Crippen molar-refractivity contribution in [3.63, 3.8) is 0 Å². The van der Waals surface area contributed by atoms with E-state index in [0.29, 0.717) is 17.2 Å². The second-order valence-electron chi connectivity index (χ2n) is 4.82. The summed E-state index contributed by atoms with van der Waals surface area (Å²) in [4.78, 5) is 15.5. The number of amides is 1. The number of carbonyl (C=O) groups is 1. The Morgan fingerprint density at radius 1 is 1.32 bits per heavy atom. The number of carbonyl (C=O) groups excluding carboxylic acids is 1. The van der Waals surface area contributed by atoms with Gasteiger partial charge in [-0.15, -0.1) is 0 Å². The van der Waals surface area contributed by atoms with Crippen molar-refractivity contribution in [3.05, 3.63) is 46.9 Å². The summed E-state index contributed by atoms with van der Waals surface area (Å²) in [6.07, 6.45) is -0.699. The standard InChI is InChI=1S/C16H13BrN2O3/c1-9(15(18)20)21-12-4-2-3-10(7-12)16-19-13-6-5-11(17)8-14(13)22-16/h2-9H,1H3,(H2,18,20). The summed E-state index contributed by atoms with van der Waals surface area (Å²) in [5.74, 6) is 0.509. The molecule has 2 N–H and O–H groups in total. The van der Waals surface area contributed by atoms with E-state index in [9.17, 15) is 4.79 Å². The van der Waals surface area contributed by atoms with Crippen molar-refractivity contribution >= 4 is 32.9 Å². The first-order chi connectivity index (χ1) is 10.5. The molecule has 0 radical (unpaired) electrons. The molecule has 1 unspecified atom stereocenters. The van der Waals surface area contributed by atoms with Crippen LogP contribution in [-0.4, -0.2) is 17.0 Å². The molecule has 22 heavy (non-hydrogen) atoms. The number of aromatic nitrogens is 1. The smallest absolute Gasteiger partial charge is 0.258 e. The fraction of sp³-hybridized carbons (Fsp3) is 0.125. The second-order valence-corrected chi connectivity index (χ2v) is 5.74. The molecule has 0 spiro atoms. The van der Waals surface area contributed by atoms with Crippen LogP contribution in [0.5, 0.6) is 5.75 Å². The summed E-state index contributed by atoms with van der Waals surface area (Å²) in [6.45, 7) is 1.60. The minimum atomic E-state index is -0.699. The lowest BCUT2D eigenvalue weighted by Gasteiger charge is -2.11. The number of hydrogen-bond donors (Lipinski definition) is 1. The molecule has 1 aromatic heterocycles. The molecule has 1 heterocycles. The number of benzene rings is 2. The Morgan fingerprint density at radius 2 is 2.14 bits per heavy atom. The fourth-order valence-corrected chi connectivity index (χ4v) is 2.33. The third-order valence-corrected chi connectivity index (χ3v) is 3.64. The SMILES string of the molecule is CC(Oc1cccc(-c2nc3ccc(Br)cc3o2)c1)C(N)=O. The Labute approximate surface area is 135 Å². The summed E-state index contributed by atoms with van der Waals surface area (Å²) in [6, 6.07) is 12.8. The summed E-state index contributed by atoms with van der Waals surface area (Å²) in [5, 5.41) is 0. The first kappa shape index (κ1) is 14.6. The van der Waals surface area contributed by atoms with Crippen molar-refractivity contribution in [3.8, 4) is 17.2 Å². The van der Waals surface area contributed by atoms with Crippen molar-refractivity contribution in [2.24, 2.45) is 5.73 Å². The Bertz CT molecular complexity index is 844. The van der Waals surface area contributed by atoms with Crippen molar-refractivity contribution in [1.29, 1.82) is 0 Å². The van der Waals surface area contributed by atoms with Gasteiger partial charge in [-0.1, -0.05) is 22.0 Å². The maximum absolute atomic E-state index is 11.1. The molecule has 0 aliphatic rings. The van der Waals surface area contributed by atoms with Gasteiger partial charge in [-0.05, 0) is 43.3 Å². The maximum atomic E-state index is 11.1. The number of nitrogens with zero attached hydrogens (tertiary/aromatic N) is 1. The minimum absolute atomic E-state index is 0.491. The van der Waals surface area contributed by atoms with Gasteiger partial charge in [-0.3, -0.25) is 4.79 Å². The molecular weight excluding hydrogens is 348 g/mol. The lowest BCUT2D eigenvalue weighted by Crippen LogP contribution is -2.30. The summed E-state index contributed by atoms with van der Waals surface area (Å²) < 4.78 is 12.2. The summed E-state index contributed by atoms with van der Waals surface area (Å²) >= 11 is 3.40. The average Bonchev–Trinajstić information content (AvgIpc) is 2.90. The number of primary amides is 1. The highest BCUT2D eigenvalue weighted by molar-refractivity contribution is 9.10. The van der Waals surface area contributed by atoms with Crippen LogP contribution in [0.4, 0.5) is 0 Å². The normalized spacial score (nSPS) is 12.3. The third-order valence-electron chi connectivity index (χ3n) is 3.15. The van der Waals surface area contributed by atoms with Crippen molar-refractivity contribution < 1.29 is 13.9 Å². The van der Waals surface area contributed by atoms with Gasteiger partial charge in [0, 0.05) is 10.0 Å². The highest BCUT2D eigenvalue weighted by atomic mass is 79.9. The monoisotopic (exact) mass is 360 g/mol. The lowest BCUT2D eigenvalue weighted by atomic mass is 10.2. The quantitative estimate of drug-likeness (QED) is 0.771. The van der Waals surface area contributed by atoms with Crippen molar-refractivity contribution in [1.82, 2.24) is 4.98 Å². The van der Waals surface area contributed by atoms with Crippen LogP contribution in [0.2, 0.25) is 0 Å². The van der Waals surface area contributed by atoms with Crippen LogP contribution >= 0.6 is 15.9 Å². The molecule has 0 bridgehead atoms. The van der Waals surface area contributed by atoms with Crippen molar-refractivity contribution in [2.75, 3.05) is 0 Å². The van der Waals surface area contributed by atoms with Crippen LogP contribution in [0.3, 0.4) is 0 Å². The minimum Gasteiger partial charge on any atom is -0.481 e. The van der Waals surface area contributed by atoms with Gasteiger partial charge in [0.05, 0.1) is 0 Å². The molecule has 0 saturated heterocycles. The molecule has 6 heteroatoms. The number of oxazole rings is 1. The van der Waals surface area contributed by atoms with Gasteiger partial charge in [-0.2, -0.15) is 0 Å². The van der Waals surface area contributed by atoms with Gasteiger partial charge in [-0.25, -0.2) is 4.98 Å². The number of hydrogen-bond acceptors (Lipinski definition) is 4. The largest absolute Gasteiger partial charge is 0.481 e. The number of fused-ring (bicyclic) bond motifs is 1. The van der Waals surface area contributed by atoms with Crippen LogP contribution in [0.1, 0.15) is 6.92 Å². The van der Waals surface area contributed by atoms with Gasteiger partial charge in [0.2, 0.25) is 5.89 Å². The Balaban J connectivity index is 1.94. The molecule has 0 saturated carbocycles. The third kappa shape index (κ3) is 2.96. The molecule has 3 rings (SSSR count). The fourth-order valence-electron chi connectivity index (χ4n) is 1.99. The maximum Gasteiger partial charge on any atom is 0.258 e. The van der Waals surface area contributed by atoms with E-state index in [1.165, 1.54) is 0 Å². The molecule has 0 aliphatic heterocycles. The van der Waals surface area contributed by atoms with E-state index in [1.807, 2.05) is 30.3 Å². The summed E-state index contributed by atoms with van der Waals surface area (Å²) in [5.41, 5.74) is 7.43. The van der Waals surface area contributed by atoms with E-state index in [-0.39, 0.29) is 0 Å². The highest BCUT2D eigenvalue weighted by Crippen LogP contribution is 2.28. The highest BCUT2D eigenvalue weighted by Gasteiger charge is 2.13. The molecule has 0 fully saturated rings. The lowest BCUT2D eigenvalue weighted by molar-refractivity contribution is -0.123. The van der Waals surface area contributed by atoms with Crippen LogP contribution in [0.25, 0.3) is 22.6 Å². The number of rotatable bonds is 4. The first-order valence-electron chi connectivity index (χ1n) is 6.65. The van der Waals surface area contributed by atoms with Crippen LogP contribution < -0.4 is 10.5 Å². The van der Waals surface area contributed by atoms with Crippen LogP contribution in [-0.2, 0) is 4.79 Å². The second kappa shape index (κ2) is 5.81. The van der Waals surface area contributed by atoms with Gasteiger partial charge < -0.3 is 14.9 Å². The van der Waals surface area contributed by atoms with E-state index < -0.39 is 12.0 Å². The van der Waals surface area contributed by atoms with Crippen LogP contribution in [0.15, 0.2) is 51.4 Å². The topological polar surface area (TPSA) is 78.3 Å². The average molecular weight is 361 g/mol. The Hall–Kier alpha value is -2.34. The number of ether oxygens (including phenoxy) is 1. The number of halogens is 1. The van der Waals surface area contributed by atoms with Gasteiger partial charge in [0.1, 0.15) is 11.3 Å². The molecule has 112 valence electrons. The van der Waals surface area contributed by atoms with Gasteiger partial charge >= 0.3 is 0 Å². The van der Waals surface area contributed by atoms with Crippen LogP contribution in [0, 0.1) is 0 Å². The zero-order chi connectivity index (χ0) is 15.7. The molecule has 3 aromatic rings. The Kier molecular flexibility index (Phi) is 3.85. The number of nitrogens with two attached hydrogens (primary N) is 1. The molecule has 5 nitrogen and oxygen atoms in total. The molecule has 1 amide bonds. The molecule has 0 aliphatic carbocycles.